The molecule has 2 heterocycles. The molecule has 0 spiro atoms. The van der Waals surface area contributed by atoms with Crippen LogP contribution < -0.4 is 4.72 Å². The molecule has 0 unspecified atom stereocenters. The summed E-state index contributed by atoms with van der Waals surface area (Å²) in [5.41, 5.74) is -0.928. The molecule has 0 radical (unpaired) electrons. The lowest BCUT2D eigenvalue weighted by Gasteiger charge is -2.16. The molecule has 1 fully saturated rings. The number of carbonyl (C=O) groups is 1. The van der Waals surface area contributed by atoms with E-state index in [9.17, 15) is 13.2 Å². The summed E-state index contributed by atoms with van der Waals surface area (Å²) in [5.74, 6) is -0.283. The van der Waals surface area contributed by atoms with Crippen molar-refractivity contribution < 1.29 is 18.3 Å². The molecule has 122 valence electrons. The number of sulfonamides is 1. The average molecular weight is 337 g/mol. The van der Waals surface area contributed by atoms with Crippen LogP contribution in [0, 0.1) is 6.92 Å². The van der Waals surface area contributed by atoms with Gasteiger partial charge in [-0.2, -0.15) is 4.72 Å². The zero-order chi connectivity index (χ0) is 16.8. The van der Waals surface area contributed by atoms with E-state index in [1.54, 1.807) is 14.0 Å². The molecule has 2 aromatic heterocycles. The molecule has 0 atom stereocenters. The van der Waals surface area contributed by atoms with Crippen molar-refractivity contribution in [2.24, 2.45) is 7.05 Å². The third-order valence-corrected chi connectivity index (χ3v) is 5.45. The minimum absolute atomic E-state index is 0.0466. The molecule has 1 aliphatic carbocycles. The zero-order valence-corrected chi connectivity index (χ0v) is 13.3. The van der Waals surface area contributed by atoms with E-state index in [1.807, 2.05) is 0 Å². The van der Waals surface area contributed by atoms with Gasteiger partial charge < -0.3 is 9.67 Å². The van der Waals surface area contributed by atoms with Crippen LogP contribution in [0.4, 0.5) is 0 Å². The second kappa shape index (κ2) is 5.10. The van der Waals surface area contributed by atoms with Gasteiger partial charge in [0.2, 0.25) is 0 Å². The van der Waals surface area contributed by atoms with Crippen molar-refractivity contribution in [2.75, 3.05) is 0 Å². The largest absolute Gasteiger partial charge is 0.478 e. The highest BCUT2D eigenvalue weighted by molar-refractivity contribution is 7.89. The third-order valence-electron chi connectivity index (χ3n) is 3.86. The minimum atomic E-state index is -3.79. The Kier molecular flexibility index (Phi) is 3.45. The molecular weight excluding hydrogens is 322 g/mol. The summed E-state index contributed by atoms with van der Waals surface area (Å²) in [6, 6.07) is 0. The fourth-order valence-corrected chi connectivity index (χ4v) is 3.82. The summed E-state index contributed by atoms with van der Waals surface area (Å²) < 4.78 is 29.2. The minimum Gasteiger partial charge on any atom is -0.478 e. The van der Waals surface area contributed by atoms with E-state index < -0.39 is 21.5 Å². The first-order valence-electron chi connectivity index (χ1n) is 6.83. The molecule has 0 aromatic carbocycles. The molecule has 0 amide bonds. The van der Waals surface area contributed by atoms with Crippen LogP contribution in [-0.2, 0) is 22.6 Å². The predicted molar refractivity (Wildman–Crippen MR) is 78.2 cm³/mol. The Balaban J connectivity index is 1.89. The summed E-state index contributed by atoms with van der Waals surface area (Å²) in [6.07, 6.45) is 4.74. The molecule has 0 bridgehead atoms. The molecule has 10 heteroatoms. The van der Waals surface area contributed by atoms with Gasteiger partial charge in [-0.1, -0.05) is 0 Å². The molecule has 0 saturated heterocycles. The Hall–Kier alpha value is -2.33. The highest BCUT2D eigenvalue weighted by atomic mass is 32.2. The quantitative estimate of drug-likeness (QED) is 0.797. The molecule has 1 aliphatic rings. The van der Waals surface area contributed by atoms with E-state index in [0.29, 0.717) is 18.7 Å². The van der Waals surface area contributed by atoms with Crippen molar-refractivity contribution >= 4 is 16.0 Å². The van der Waals surface area contributed by atoms with Crippen LogP contribution in [-0.4, -0.2) is 39.0 Å². The van der Waals surface area contributed by atoms with Crippen molar-refractivity contribution in [2.45, 2.75) is 30.3 Å². The summed E-state index contributed by atoms with van der Waals surface area (Å²) in [6.45, 7) is 1.71. The van der Waals surface area contributed by atoms with Gasteiger partial charge in [0.25, 0.3) is 10.0 Å². The number of carboxylic acids is 1. The van der Waals surface area contributed by atoms with E-state index in [2.05, 4.69) is 19.7 Å². The van der Waals surface area contributed by atoms with Crippen LogP contribution in [0.25, 0.3) is 0 Å². The Morgan fingerprint density at radius 2 is 1.87 bits per heavy atom. The SMILES string of the molecule is Cc1ncc(S(=O)(=O)NC2(c3ncc(C(=O)O)cn3)CC2)n1C. The summed E-state index contributed by atoms with van der Waals surface area (Å²) >= 11 is 0. The average Bonchev–Trinajstić information content (AvgIpc) is 3.18. The first-order chi connectivity index (χ1) is 10.8. The number of aryl methyl sites for hydroxylation is 1. The highest BCUT2D eigenvalue weighted by Crippen LogP contribution is 2.44. The smallest absolute Gasteiger partial charge is 0.338 e. The monoisotopic (exact) mass is 337 g/mol. The molecule has 0 aliphatic heterocycles. The van der Waals surface area contributed by atoms with Gasteiger partial charge in [0.15, 0.2) is 5.03 Å². The number of aromatic carboxylic acids is 1. The molecule has 2 N–H and O–H groups in total. The van der Waals surface area contributed by atoms with E-state index in [-0.39, 0.29) is 16.4 Å². The maximum Gasteiger partial charge on any atom is 0.338 e. The van der Waals surface area contributed by atoms with E-state index in [1.165, 1.54) is 23.2 Å². The Bertz CT molecular complexity index is 868. The van der Waals surface area contributed by atoms with Crippen molar-refractivity contribution in [3.8, 4) is 0 Å². The molecule has 9 nitrogen and oxygen atoms in total. The molecule has 23 heavy (non-hydrogen) atoms. The van der Waals surface area contributed by atoms with Crippen LogP contribution in [0.15, 0.2) is 23.6 Å². The molecular formula is C13H15N5O4S. The topological polar surface area (TPSA) is 127 Å². The molecule has 3 rings (SSSR count). The fourth-order valence-electron chi connectivity index (χ4n) is 2.22. The second-order valence-electron chi connectivity index (χ2n) is 5.49. The van der Waals surface area contributed by atoms with E-state index in [0.717, 1.165) is 0 Å². The first-order valence-corrected chi connectivity index (χ1v) is 8.32. The van der Waals surface area contributed by atoms with Crippen molar-refractivity contribution in [1.82, 2.24) is 24.2 Å². The number of nitrogens with one attached hydrogen (secondary N) is 1. The summed E-state index contributed by atoms with van der Waals surface area (Å²) in [7, 11) is -2.17. The van der Waals surface area contributed by atoms with Crippen molar-refractivity contribution in [1.29, 1.82) is 0 Å². The number of nitrogens with zero attached hydrogens (tertiary/aromatic N) is 4. The third kappa shape index (κ3) is 2.70. The summed E-state index contributed by atoms with van der Waals surface area (Å²) in [4.78, 5) is 22.8. The second-order valence-corrected chi connectivity index (χ2v) is 7.12. The van der Waals surface area contributed by atoms with Gasteiger partial charge in [-0.05, 0) is 19.8 Å². The van der Waals surface area contributed by atoms with Crippen LogP contribution >= 0.6 is 0 Å². The standard InChI is InChI=1S/C13H15N5O4S/c1-8-14-7-10(18(8)2)23(21,22)17-13(3-4-13)12-15-5-9(6-16-12)11(19)20/h5-7,17H,3-4H2,1-2H3,(H,19,20). The lowest BCUT2D eigenvalue weighted by Crippen LogP contribution is -2.37. The van der Waals surface area contributed by atoms with Gasteiger partial charge in [0, 0.05) is 19.4 Å². The lowest BCUT2D eigenvalue weighted by molar-refractivity contribution is 0.0695. The number of aromatic nitrogens is 4. The van der Waals surface area contributed by atoms with Gasteiger partial charge in [0.05, 0.1) is 17.3 Å². The van der Waals surface area contributed by atoms with Gasteiger partial charge >= 0.3 is 5.97 Å². The normalized spacial score (nSPS) is 16.3. The maximum absolute atomic E-state index is 12.5. The van der Waals surface area contributed by atoms with E-state index in [4.69, 9.17) is 5.11 Å². The number of hydrogen-bond acceptors (Lipinski definition) is 6. The van der Waals surface area contributed by atoms with Crippen molar-refractivity contribution in [3.05, 3.63) is 35.8 Å². The zero-order valence-electron chi connectivity index (χ0n) is 12.5. The number of carboxylic acid groups (broad SMARTS) is 1. The van der Waals surface area contributed by atoms with Crippen LogP contribution in [0.2, 0.25) is 0 Å². The van der Waals surface area contributed by atoms with Gasteiger partial charge in [-0.25, -0.2) is 28.2 Å². The van der Waals surface area contributed by atoms with E-state index >= 15 is 0 Å². The fraction of sp³-hybridized carbons (Fsp3) is 0.385. The Labute approximate surface area is 132 Å². The molecule has 2 aromatic rings. The van der Waals surface area contributed by atoms with Crippen LogP contribution in [0.1, 0.15) is 34.8 Å². The first kappa shape index (κ1) is 15.6. The Morgan fingerprint density at radius 3 is 2.30 bits per heavy atom. The van der Waals surface area contributed by atoms with Crippen LogP contribution in [0.3, 0.4) is 0 Å². The maximum atomic E-state index is 12.5. The summed E-state index contributed by atoms with van der Waals surface area (Å²) in [5, 5.41) is 8.92. The van der Waals surface area contributed by atoms with Gasteiger partial charge in [0.1, 0.15) is 11.6 Å². The van der Waals surface area contributed by atoms with Gasteiger partial charge in [-0.3, -0.25) is 0 Å². The number of rotatable bonds is 5. The van der Waals surface area contributed by atoms with Crippen LogP contribution in [0.5, 0.6) is 0 Å². The van der Waals surface area contributed by atoms with Gasteiger partial charge in [-0.15, -0.1) is 0 Å². The molecule has 1 saturated carbocycles. The van der Waals surface area contributed by atoms with Crippen molar-refractivity contribution in [3.63, 3.8) is 0 Å². The lowest BCUT2D eigenvalue weighted by atomic mass is 10.2. The Morgan fingerprint density at radius 1 is 1.26 bits per heavy atom. The number of imidazole rings is 1. The number of hydrogen-bond donors (Lipinski definition) is 2. The predicted octanol–water partition coefficient (Wildman–Crippen LogP) is 0.184. The highest BCUT2D eigenvalue weighted by Gasteiger charge is 2.50.